The maximum Gasteiger partial charge on any atom is 0.337 e. The van der Waals surface area contributed by atoms with Crippen LogP contribution in [0.2, 0.25) is 5.02 Å². The molecule has 0 aliphatic carbocycles. The summed E-state index contributed by atoms with van der Waals surface area (Å²) in [5, 5.41) is 27.2. The van der Waals surface area contributed by atoms with Crippen molar-refractivity contribution in [3.05, 3.63) is 70.4 Å². The van der Waals surface area contributed by atoms with Gasteiger partial charge in [0.1, 0.15) is 0 Å². The molecule has 1 amide bonds. The molecule has 0 bridgehead atoms. The van der Waals surface area contributed by atoms with Crippen LogP contribution in [-0.4, -0.2) is 38.9 Å². The summed E-state index contributed by atoms with van der Waals surface area (Å²) in [6.07, 6.45) is 2.63. The van der Waals surface area contributed by atoms with Crippen molar-refractivity contribution < 1.29 is 19.8 Å². The number of carbonyl (C=O) groups excluding carboxylic acids is 1. The number of nitrogens with one attached hydrogen (secondary N) is 1. The summed E-state index contributed by atoms with van der Waals surface area (Å²) in [7, 11) is 1.37. The molecule has 1 atom stereocenters. The molecule has 1 unspecified atom stereocenters. The number of aliphatic hydroxyl groups excluding tert-OH is 1. The standard InChI is InChI=1S/C20H19Cl2N3O4.C2H6/c1-4-6-14(13(22)5-2)25-17(11-7-9-12(21)10-8-11)15(18(26)20(28)29)16(24-25)19(27)23-3;1-2/h4-10,18,26H,1H2,2-3H3,(H,23,27)(H,28,29);1-2H3/b13-5+,14-6+;. The molecule has 1 aromatic heterocycles. The molecule has 7 nitrogen and oxygen atoms in total. The predicted molar refractivity (Wildman–Crippen MR) is 124 cm³/mol. The molecule has 0 spiro atoms. The number of aliphatic hydroxyl groups is 1. The number of aliphatic carboxylic acids is 1. The van der Waals surface area contributed by atoms with Gasteiger partial charge in [-0.05, 0) is 25.1 Å². The lowest BCUT2D eigenvalue weighted by atomic mass is 10.00. The molecule has 1 heterocycles. The quantitative estimate of drug-likeness (QED) is 0.505. The van der Waals surface area contributed by atoms with E-state index in [-0.39, 0.29) is 22.0 Å². The van der Waals surface area contributed by atoms with Crippen LogP contribution in [0.15, 0.2) is 54.1 Å². The van der Waals surface area contributed by atoms with Crippen molar-refractivity contribution in [1.82, 2.24) is 15.1 Å². The van der Waals surface area contributed by atoms with Crippen LogP contribution < -0.4 is 5.32 Å². The fourth-order valence-corrected chi connectivity index (χ4v) is 2.94. The monoisotopic (exact) mass is 465 g/mol. The lowest BCUT2D eigenvalue weighted by Crippen LogP contribution is -2.22. The van der Waals surface area contributed by atoms with Gasteiger partial charge in [-0.15, -0.1) is 0 Å². The lowest BCUT2D eigenvalue weighted by molar-refractivity contribution is -0.146. The van der Waals surface area contributed by atoms with Crippen molar-refractivity contribution in [1.29, 1.82) is 0 Å². The van der Waals surface area contributed by atoms with Crippen molar-refractivity contribution in [2.45, 2.75) is 26.9 Å². The van der Waals surface area contributed by atoms with Crippen LogP contribution in [0.5, 0.6) is 0 Å². The molecule has 1 aromatic carbocycles. The third kappa shape index (κ3) is 5.85. The first kappa shape index (κ1) is 26.2. The number of rotatable bonds is 7. The second-order valence-corrected chi connectivity index (χ2v) is 6.62. The van der Waals surface area contributed by atoms with Gasteiger partial charge in [-0.3, -0.25) is 4.79 Å². The Morgan fingerprint density at radius 1 is 1.26 bits per heavy atom. The second kappa shape index (κ2) is 12.1. The zero-order valence-corrected chi connectivity index (χ0v) is 19.2. The van der Waals surface area contributed by atoms with Gasteiger partial charge in [0.2, 0.25) is 0 Å². The van der Waals surface area contributed by atoms with Crippen molar-refractivity contribution >= 4 is 40.8 Å². The van der Waals surface area contributed by atoms with Crippen molar-refractivity contribution in [2.75, 3.05) is 7.05 Å². The first-order valence-electron chi connectivity index (χ1n) is 9.43. The van der Waals surface area contributed by atoms with Crippen LogP contribution in [-0.2, 0) is 4.79 Å². The number of carboxylic acid groups (broad SMARTS) is 1. The molecule has 2 rings (SSSR count). The van der Waals surface area contributed by atoms with E-state index in [0.29, 0.717) is 16.3 Å². The molecule has 0 aliphatic rings. The minimum atomic E-state index is -2.00. The van der Waals surface area contributed by atoms with Gasteiger partial charge in [-0.2, -0.15) is 5.10 Å². The zero-order chi connectivity index (χ0) is 23.7. The van der Waals surface area contributed by atoms with Crippen LogP contribution >= 0.6 is 23.2 Å². The zero-order valence-electron chi connectivity index (χ0n) is 17.7. The van der Waals surface area contributed by atoms with E-state index in [2.05, 4.69) is 17.0 Å². The molecule has 3 N–H and O–H groups in total. The summed E-state index contributed by atoms with van der Waals surface area (Å²) in [5.74, 6) is -2.19. The number of carboxylic acids is 1. The third-order valence-corrected chi connectivity index (χ3v) is 4.66. The Morgan fingerprint density at radius 3 is 2.29 bits per heavy atom. The van der Waals surface area contributed by atoms with Gasteiger partial charge in [0, 0.05) is 17.6 Å². The van der Waals surface area contributed by atoms with E-state index in [1.807, 2.05) is 13.8 Å². The summed E-state index contributed by atoms with van der Waals surface area (Å²) >= 11 is 12.3. The van der Waals surface area contributed by atoms with Crippen molar-refractivity contribution in [2.24, 2.45) is 0 Å². The highest BCUT2D eigenvalue weighted by atomic mass is 35.5. The molecule has 2 aromatic rings. The highest BCUT2D eigenvalue weighted by Crippen LogP contribution is 2.36. The third-order valence-electron chi connectivity index (χ3n) is 3.99. The van der Waals surface area contributed by atoms with E-state index in [1.54, 1.807) is 43.3 Å². The Hall–Kier alpha value is -2.87. The topological polar surface area (TPSA) is 104 Å². The number of benzene rings is 1. The second-order valence-electron chi connectivity index (χ2n) is 5.77. The highest BCUT2D eigenvalue weighted by molar-refractivity contribution is 6.35. The molecule has 166 valence electrons. The minimum absolute atomic E-state index is 0.172. The van der Waals surface area contributed by atoms with E-state index >= 15 is 0 Å². The summed E-state index contributed by atoms with van der Waals surface area (Å²) in [6, 6.07) is 6.44. The van der Waals surface area contributed by atoms with Crippen LogP contribution in [0.25, 0.3) is 17.0 Å². The van der Waals surface area contributed by atoms with Gasteiger partial charge in [0.25, 0.3) is 5.91 Å². The Balaban J connectivity index is 0.00000233. The van der Waals surface area contributed by atoms with Gasteiger partial charge in [-0.1, -0.05) is 67.9 Å². The molecule has 31 heavy (non-hydrogen) atoms. The van der Waals surface area contributed by atoms with Gasteiger partial charge in [-0.25, -0.2) is 9.48 Å². The SMILES string of the molecule is C=C/C=C(\C(Cl)=C/C)n1nc(C(=O)NC)c(C(O)C(=O)O)c1-c1ccc(Cl)cc1.CC. The summed E-state index contributed by atoms with van der Waals surface area (Å²) in [4.78, 5) is 24.0. The van der Waals surface area contributed by atoms with E-state index < -0.39 is 18.0 Å². The molecular weight excluding hydrogens is 441 g/mol. The van der Waals surface area contributed by atoms with Crippen LogP contribution in [0.4, 0.5) is 0 Å². The average molecular weight is 466 g/mol. The maximum absolute atomic E-state index is 12.4. The minimum Gasteiger partial charge on any atom is -0.479 e. The van der Waals surface area contributed by atoms with E-state index in [9.17, 15) is 19.8 Å². The van der Waals surface area contributed by atoms with Gasteiger partial charge >= 0.3 is 5.97 Å². The van der Waals surface area contributed by atoms with E-state index in [1.165, 1.54) is 17.8 Å². The van der Waals surface area contributed by atoms with Crippen LogP contribution in [0.1, 0.15) is 42.9 Å². The lowest BCUT2D eigenvalue weighted by Gasteiger charge is -2.14. The predicted octanol–water partition coefficient (Wildman–Crippen LogP) is 4.88. The largest absolute Gasteiger partial charge is 0.479 e. The fraction of sp³-hybridized carbons (Fsp3) is 0.227. The number of allylic oxidation sites excluding steroid dienone is 5. The number of aromatic nitrogens is 2. The molecule has 0 saturated heterocycles. The van der Waals surface area contributed by atoms with Crippen molar-refractivity contribution in [3.63, 3.8) is 0 Å². The van der Waals surface area contributed by atoms with Gasteiger partial charge in [0.05, 0.1) is 22.0 Å². The number of hydrogen-bond donors (Lipinski definition) is 3. The van der Waals surface area contributed by atoms with E-state index in [0.717, 1.165) is 0 Å². The summed E-state index contributed by atoms with van der Waals surface area (Å²) in [5.41, 5.74) is 0.576. The molecule has 0 aliphatic heterocycles. The molecule has 0 radical (unpaired) electrons. The molecule has 9 heteroatoms. The van der Waals surface area contributed by atoms with Gasteiger partial charge < -0.3 is 15.5 Å². The Bertz CT molecular complexity index is 1010. The number of halogens is 2. The molecule has 0 saturated carbocycles. The van der Waals surface area contributed by atoms with E-state index in [4.69, 9.17) is 23.2 Å². The van der Waals surface area contributed by atoms with Crippen LogP contribution in [0.3, 0.4) is 0 Å². The number of carbonyl (C=O) groups is 2. The fourth-order valence-electron chi connectivity index (χ4n) is 2.67. The van der Waals surface area contributed by atoms with Crippen molar-refractivity contribution in [3.8, 4) is 11.3 Å². The van der Waals surface area contributed by atoms with Gasteiger partial charge in [0.15, 0.2) is 11.8 Å². The Labute approximate surface area is 191 Å². The van der Waals surface area contributed by atoms with Crippen LogP contribution in [0, 0.1) is 0 Å². The first-order chi connectivity index (χ1) is 14.8. The summed E-state index contributed by atoms with van der Waals surface area (Å²) in [6.45, 7) is 9.36. The maximum atomic E-state index is 12.4. The number of nitrogens with zero attached hydrogens (tertiary/aromatic N) is 2. The number of amides is 1. The highest BCUT2D eigenvalue weighted by Gasteiger charge is 2.33. The molecule has 0 fully saturated rings. The number of hydrogen-bond acceptors (Lipinski definition) is 4. The molecular formula is C22H25Cl2N3O4. The average Bonchev–Trinajstić information content (AvgIpc) is 3.17. The Morgan fingerprint density at radius 2 is 1.84 bits per heavy atom. The smallest absolute Gasteiger partial charge is 0.337 e. The Kier molecular flexibility index (Phi) is 10.2. The first-order valence-corrected chi connectivity index (χ1v) is 10.2. The summed E-state index contributed by atoms with van der Waals surface area (Å²) < 4.78 is 1.30. The normalized spacial score (nSPS) is 12.5.